The molecule has 7 nitrogen and oxygen atoms in total. The summed E-state index contributed by atoms with van der Waals surface area (Å²) in [6.45, 7) is 1.26. The lowest BCUT2D eigenvalue weighted by molar-refractivity contribution is -0.119. The smallest absolute Gasteiger partial charge is 0.408 e. The van der Waals surface area contributed by atoms with E-state index in [1.165, 1.54) is 0 Å². The van der Waals surface area contributed by atoms with E-state index in [4.69, 9.17) is 10.2 Å². The van der Waals surface area contributed by atoms with Crippen molar-refractivity contribution in [3.05, 3.63) is 28.7 Å². The Hall–Kier alpha value is -1.54. The van der Waals surface area contributed by atoms with Crippen LogP contribution in [0, 0.1) is 5.92 Å². The van der Waals surface area contributed by atoms with Gasteiger partial charge in [0.25, 0.3) is 0 Å². The molecule has 1 aromatic heterocycles. The van der Waals surface area contributed by atoms with Gasteiger partial charge in [0.1, 0.15) is 0 Å². The number of rotatable bonds is 5. The summed E-state index contributed by atoms with van der Waals surface area (Å²) >= 11 is 0. The number of oxazole rings is 1. The van der Waals surface area contributed by atoms with Gasteiger partial charge in [-0.25, -0.2) is 4.79 Å². The Balaban J connectivity index is 0.00000169. The molecule has 1 amide bonds. The second-order valence-electron chi connectivity index (χ2n) is 6.76. The first-order chi connectivity index (χ1) is 11.4. The molecule has 2 aromatic rings. The highest BCUT2D eigenvalue weighted by atomic mass is 35.5. The van der Waals surface area contributed by atoms with Crippen LogP contribution in [0.2, 0.25) is 0 Å². The zero-order chi connectivity index (χ0) is 17.3. The number of hydrogen-bond donors (Lipinski definition) is 2. The largest absolute Gasteiger partial charge is 0.419 e. The van der Waals surface area contributed by atoms with E-state index in [1.807, 2.05) is 19.0 Å². The van der Waals surface area contributed by atoms with Crippen LogP contribution in [0.4, 0.5) is 5.69 Å². The summed E-state index contributed by atoms with van der Waals surface area (Å²) in [5.74, 6) is -0.416. The Morgan fingerprint density at radius 2 is 2.08 bits per heavy atom. The van der Waals surface area contributed by atoms with Crippen molar-refractivity contribution in [1.82, 2.24) is 9.47 Å². The van der Waals surface area contributed by atoms with Crippen LogP contribution in [0.15, 0.2) is 27.4 Å². The second kappa shape index (κ2) is 9.41. The predicted molar refractivity (Wildman–Crippen MR) is 107 cm³/mol. The van der Waals surface area contributed by atoms with Crippen molar-refractivity contribution in [2.24, 2.45) is 11.7 Å². The first-order valence-electron chi connectivity index (χ1n) is 8.28. The third-order valence-electron chi connectivity index (χ3n) is 4.55. The quantitative estimate of drug-likeness (QED) is 0.795. The number of aromatic nitrogens is 1. The lowest BCUT2D eigenvalue weighted by Crippen LogP contribution is -2.24. The van der Waals surface area contributed by atoms with Crippen LogP contribution in [0.5, 0.6) is 0 Å². The third-order valence-corrected chi connectivity index (χ3v) is 4.55. The molecule has 9 heteroatoms. The van der Waals surface area contributed by atoms with Crippen LogP contribution < -0.4 is 16.8 Å². The van der Waals surface area contributed by atoms with Crippen LogP contribution in [-0.4, -0.2) is 42.1 Å². The van der Waals surface area contributed by atoms with Crippen molar-refractivity contribution in [1.29, 1.82) is 0 Å². The molecule has 26 heavy (non-hydrogen) atoms. The van der Waals surface area contributed by atoms with Gasteiger partial charge in [0, 0.05) is 30.7 Å². The van der Waals surface area contributed by atoms with Gasteiger partial charge < -0.3 is 20.4 Å². The molecular formula is C17H26Cl2N4O3. The van der Waals surface area contributed by atoms with E-state index >= 15 is 0 Å². The molecule has 0 spiro atoms. The first-order valence-corrected chi connectivity index (χ1v) is 8.28. The zero-order valence-corrected chi connectivity index (χ0v) is 16.6. The topological polar surface area (TPSA) is 93.5 Å². The summed E-state index contributed by atoms with van der Waals surface area (Å²) in [4.78, 5) is 26.3. The number of fused-ring (bicyclic) bond motifs is 1. The number of anilines is 1. The van der Waals surface area contributed by atoms with E-state index in [9.17, 15) is 9.59 Å². The zero-order valence-electron chi connectivity index (χ0n) is 14.9. The molecule has 1 aliphatic carbocycles. The molecule has 0 saturated heterocycles. The van der Waals surface area contributed by atoms with Crippen LogP contribution in [0.1, 0.15) is 19.3 Å². The van der Waals surface area contributed by atoms with Gasteiger partial charge in [-0.1, -0.05) is 0 Å². The lowest BCUT2D eigenvalue weighted by atomic mass is 10.1. The Bertz CT molecular complexity index is 803. The molecule has 1 aliphatic rings. The molecular weight excluding hydrogens is 379 g/mol. The monoisotopic (exact) mass is 404 g/mol. The molecule has 0 aliphatic heterocycles. The number of carbonyl (C=O) groups excluding carboxylic acids is 1. The van der Waals surface area contributed by atoms with Crippen LogP contribution in [0.25, 0.3) is 11.1 Å². The highest BCUT2D eigenvalue weighted by Crippen LogP contribution is 2.26. The number of nitrogens with one attached hydrogen (secondary N) is 1. The van der Waals surface area contributed by atoms with Gasteiger partial charge in [-0.2, -0.15) is 0 Å². The number of carbonyl (C=O) groups is 1. The summed E-state index contributed by atoms with van der Waals surface area (Å²) in [5.41, 5.74) is 7.77. The van der Waals surface area contributed by atoms with Crippen LogP contribution >= 0.6 is 24.8 Å². The fourth-order valence-corrected chi connectivity index (χ4v) is 3.15. The summed E-state index contributed by atoms with van der Waals surface area (Å²) in [6.07, 6.45) is 2.45. The van der Waals surface area contributed by atoms with Gasteiger partial charge in [0.05, 0.1) is 5.52 Å². The lowest BCUT2D eigenvalue weighted by Gasteiger charge is -2.12. The maximum absolute atomic E-state index is 12.3. The summed E-state index contributed by atoms with van der Waals surface area (Å²) in [6, 6.07) is 5.39. The third kappa shape index (κ3) is 5.01. The molecule has 0 radical (unpaired) electrons. The maximum atomic E-state index is 12.3. The Kier molecular flexibility index (Phi) is 8.15. The van der Waals surface area contributed by atoms with E-state index < -0.39 is 0 Å². The minimum atomic E-state index is -0.378. The predicted octanol–water partition coefficient (Wildman–Crippen LogP) is 2.07. The van der Waals surface area contributed by atoms with Crippen LogP contribution in [-0.2, 0) is 11.3 Å². The molecule has 1 aromatic carbocycles. The van der Waals surface area contributed by atoms with Crippen molar-refractivity contribution in [3.8, 4) is 0 Å². The van der Waals surface area contributed by atoms with Gasteiger partial charge in [0.15, 0.2) is 5.58 Å². The average molecular weight is 405 g/mol. The van der Waals surface area contributed by atoms with Gasteiger partial charge in [-0.3, -0.25) is 9.36 Å². The van der Waals surface area contributed by atoms with E-state index in [2.05, 4.69) is 5.32 Å². The number of nitrogens with zero attached hydrogens (tertiary/aromatic N) is 2. The van der Waals surface area contributed by atoms with Crippen molar-refractivity contribution < 1.29 is 9.21 Å². The first kappa shape index (κ1) is 22.5. The molecule has 3 N–H and O–H groups in total. The highest BCUT2D eigenvalue weighted by molar-refractivity contribution is 5.94. The minimum absolute atomic E-state index is 0. The number of halogens is 2. The minimum Gasteiger partial charge on any atom is -0.408 e. The van der Waals surface area contributed by atoms with E-state index in [-0.39, 0.29) is 48.4 Å². The molecule has 1 heterocycles. The van der Waals surface area contributed by atoms with E-state index in [0.29, 0.717) is 23.3 Å². The van der Waals surface area contributed by atoms with Gasteiger partial charge >= 0.3 is 5.76 Å². The summed E-state index contributed by atoms with van der Waals surface area (Å²) in [7, 11) is 3.90. The molecule has 2 atom stereocenters. The van der Waals surface area contributed by atoms with Gasteiger partial charge in [-0.05, 0) is 51.6 Å². The number of amides is 1. The fraction of sp³-hybridized carbons (Fsp3) is 0.529. The van der Waals surface area contributed by atoms with Crippen molar-refractivity contribution in [2.75, 3.05) is 26.0 Å². The van der Waals surface area contributed by atoms with E-state index in [1.54, 1.807) is 22.8 Å². The standard InChI is InChI=1S/C17H24N4O3.2ClH/c1-20(2)7-8-21-14-10-13(5-6-15(14)24-17(21)23)19-16(22)11-3-4-12(18)9-11;;/h5-6,10-12H,3-4,7-9,18H2,1-2H3,(H,19,22);2*1H. The summed E-state index contributed by atoms with van der Waals surface area (Å²) in [5, 5.41) is 2.94. The highest BCUT2D eigenvalue weighted by Gasteiger charge is 2.27. The fourth-order valence-electron chi connectivity index (χ4n) is 3.15. The van der Waals surface area contributed by atoms with Crippen LogP contribution in [0.3, 0.4) is 0 Å². The Labute approximate surface area is 164 Å². The molecule has 2 unspecified atom stereocenters. The Morgan fingerprint density at radius 1 is 1.35 bits per heavy atom. The number of hydrogen-bond acceptors (Lipinski definition) is 5. The molecule has 1 fully saturated rings. The molecule has 3 rings (SSSR count). The van der Waals surface area contributed by atoms with E-state index in [0.717, 1.165) is 25.8 Å². The normalized spacial score (nSPS) is 19.2. The SMILES string of the molecule is CN(C)CCn1c(=O)oc2ccc(NC(=O)C3CCC(N)C3)cc21.Cl.Cl. The second-order valence-corrected chi connectivity index (χ2v) is 6.76. The number of nitrogens with two attached hydrogens (primary N) is 1. The van der Waals surface area contributed by atoms with Crippen molar-refractivity contribution >= 4 is 47.5 Å². The maximum Gasteiger partial charge on any atom is 0.419 e. The van der Waals surface area contributed by atoms with Gasteiger partial charge in [0.2, 0.25) is 5.91 Å². The number of benzene rings is 1. The molecule has 0 bridgehead atoms. The molecule has 1 saturated carbocycles. The number of likely N-dealkylation sites (N-methyl/N-ethyl adjacent to an activating group) is 1. The van der Waals surface area contributed by atoms with Crippen molar-refractivity contribution in [3.63, 3.8) is 0 Å². The average Bonchev–Trinajstić information content (AvgIpc) is 3.08. The summed E-state index contributed by atoms with van der Waals surface area (Å²) < 4.78 is 6.86. The Morgan fingerprint density at radius 3 is 2.69 bits per heavy atom. The molecule has 146 valence electrons. The van der Waals surface area contributed by atoms with Crippen molar-refractivity contribution in [2.45, 2.75) is 31.8 Å². The van der Waals surface area contributed by atoms with Gasteiger partial charge in [-0.15, -0.1) is 24.8 Å².